The number of aliphatic imine (C=N–C) groups is 1. The Balaban J connectivity index is 1.60. The Bertz CT molecular complexity index is 1450. The Kier molecular flexibility index (Phi) is 7.78. The van der Waals surface area contributed by atoms with E-state index in [4.69, 9.17) is 14.2 Å². The molecule has 0 radical (unpaired) electrons. The van der Waals surface area contributed by atoms with E-state index in [1.807, 2.05) is 13.0 Å². The molecule has 3 aromatic rings. The molecule has 0 saturated carbocycles. The topological polar surface area (TPSA) is 117 Å². The summed E-state index contributed by atoms with van der Waals surface area (Å²) in [6.07, 6.45) is 1.50. The normalized spacial score (nSPS) is 13.8. The molecule has 3 aromatic carbocycles. The summed E-state index contributed by atoms with van der Waals surface area (Å²) in [5.74, 6) is -0.190. The number of nitrogens with zero attached hydrogens (tertiary/aromatic N) is 2. The van der Waals surface area contributed by atoms with Crippen molar-refractivity contribution >= 4 is 45.3 Å². The predicted molar refractivity (Wildman–Crippen MR) is 140 cm³/mol. The monoisotopic (exact) mass is 564 g/mol. The maximum atomic E-state index is 12.5. The first kappa shape index (κ1) is 25.8. The van der Waals surface area contributed by atoms with E-state index in [1.54, 1.807) is 55.5 Å². The van der Waals surface area contributed by atoms with Crippen LogP contribution in [0.5, 0.6) is 11.5 Å². The standard InChI is InChI=1S/C27H21BrN2O7/c1-3-35-24-13-17(11-20(28)25(24)36-15-23(31)18-7-5-4-6-8-18)12-21-27(32)37-26(29-21)19-10-9-16(2)22(14-19)30(33)34/h4-14H,3,15H2,1-2H3/b21-12-. The van der Waals surface area contributed by atoms with Gasteiger partial charge in [0.1, 0.15) is 0 Å². The fraction of sp³-hybridized carbons (Fsp3) is 0.148. The number of hydrogen-bond acceptors (Lipinski definition) is 8. The third-order valence-electron chi connectivity index (χ3n) is 5.35. The van der Waals surface area contributed by atoms with Crippen LogP contribution in [0.15, 0.2) is 75.8 Å². The van der Waals surface area contributed by atoms with Crippen molar-refractivity contribution in [3.8, 4) is 11.5 Å². The van der Waals surface area contributed by atoms with Gasteiger partial charge in [-0.25, -0.2) is 9.79 Å². The van der Waals surface area contributed by atoms with Gasteiger partial charge in [0.2, 0.25) is 5.90 Å². The lowest BCUT2D eigenvalue weighted by molar-refractivity contribution is -0.385. The number of ketones is 1. The van der Waals surface area contributed by atoms with Crippen LogP contribution in [0.3, 0.4) is 0 Å². The first-order chi connectivity index (χ1) is 17.8. The molecule has 9 nitrogen and oxygen atoms in total. The van der Waals surface area contributed by atoms with Gasteiger partial charge >= 0.3 is 5.97 Å². The minimum Gasteiger partial charge on any atom is -0.490 e. The molecule has 0 fully saturated rings. The van der Waals surface area contributed by atoms with Crippen molar-refractivity contribution in [1.82, 2.24) is 0 Å². The largest absolute Gasteiger partial charge is 0.490 e. The van der Waals surface area contributed by atoms with Crippen molar-refractivity contribution in [3.05, 3.63) is 103 Å². The second kappa shape index (κ2) is 11.2. The van der Waals surface area contributed by atoms with Gasteiger partial charge in [0.25, 0.3) is 5.69 Å². The summed E-state index contributed by atoms with van der Waals surface area (Å²) in [5, 5.41) is 11.3. The molecule has 0 unspecified atom stereocenters. The number of aryl methyl sites for hydroxylation is 1. The first-order valence-electron chi connectivity index (χ1n) is 11.2. The highest BCUT2D eigenvalue weighted by molar-refractivity contribution is 9.10. The maximum absolute atomic E-state index is 12.5. The molecule has 1 aliphatic rings. The summed E-state index contributed by atoms with van der Waals surface area (Å²) in [6, 6.07) is 16.6. The number of halogens is 1. The fourth-order valence-corrected chi connectivity index (χ4v) is 4.12. The van der Waals surface area contributed by atoms with Crippen molar-refractivity contribution in [2.75, 3.05) is 13.2 Å². The van der Waals surface area contributed by atoms with Gasteiger partial charge in [-0.15, -0.1) is 0 Å². The SMILES string of the molecule is CCOc1cc(/C=C2\N=C(c3ccc(C)c([N+](=O)[O-])c3)OC2=O)cc(Br)c1OCC(=O)c1ccccc1. The third kappa shape index (κ3) is 5.92. The Labute approximate surface area is 220 Å². The van der Waals surface area contributed by atoms with Gasteiger partial charge < -0.3 is 14.2 Å². The number of hydrogen-bond donors (Lipinski definition) is 0. The van der Waals surface area contributed by atoms with Crippen LogP contribution in [-0.4, -0.2) is 35.8 Å². The molecule has 188 valence electrons. The molecular weight excluding hydrogens is 544 g/mol. The van der Waals surface area contributed by atoms with E-state index < -0.39 is 10.9 Å². The number of Topliss-reactive ketones (excluding diaryl/α,β-unsaturated/α-hetero) is 1. The summed E-state index contributed by atoms with van der Waals surface area (Å²) < 4.78 is 17.3. The van der Waals surface area contributed by atoms with Gasteiger partial charge in [-0.3, -0.25) is 14.9 Å². The van der Waals surface area contributed by atoms with E-state index >= 15 is 0 Å². The summed E-state index contributed by atoms with van der Waals surface area (Å²) >= 11 is 3.45. The lowest BCUT2D eigenvalue weighted by Crippen LogP contribution is -2.12. The maximum Gasteiger partial charge on any atom is 0.363 e. The van der Waals surface area contributed by atoms with Crippen molar-refractivity contribution in [2.45, 2.75) is 13.8 Å². The number of nitro benzene ring substituents is 1. The Morgan fingerprint density at radius 1 is 1.14 bits per heavy atom. The summed E-state index contributed by atoms with van der Waals surface area (Å²) in [5.41, 5.74) is 1.81. The van der Waals surface area contributed by atoms with Crippen LogP contribution < -0.4 is 9.47 Å². The molecule has 0 aromatic heterocycles. The van der Waals surface area contributed by atoms with E-state index in [1.165, 1.54) is 12.1 Å². The van der Waals surface area contributed by atoms with E-state index in [0.29, 0.717) is 44.8 Å². The number of cyclic esters (lactones) is 1. The average Bonchev–Trinajstić information content (AvgIpc) is 3.24. The van der Waals surface area contributed by atoms with Crippen molar-refractivity contribution in [2.24, 2.45) is 4.99 Å². The second-order valence-corrected chi connectivity index (χ2v) is 8.79. The summed E-state index contributed by atoms with van der Waals surface area (Å²) in [4.78, 5) is 39.9. The Hall–Kier alpha value is -4.31. The highest BCUT2D eigenvalue weighted by Crippen LogP contribution is 2.38. The quantitative estimate of drug-likeness (QED) is 0.108. The zero-order chi connectivity index (χ0) is 26.5. The number of carbonyl (C=O) groups excluding carboxylic acids is 2. The molecular formula is C27H21BrN2O7. The molecule has 0 aliphatic carbocycles. The molecule has 1 aliphatic heterocycles. The van der Waals surface area contributed by atoms with Gasteiger partial charge in [-0.1, -0.05) is 36.4 Å². The zero-order valence-corrected chi connectivity index (χ0v) is 21.5. The Morgan fingerprint density at radius 2 is 1.89 bits per heavy atom. The van der Waals surface area contributed by atoms with Gasteiger partial charge in [0, 0.05) is 22.8 Å². The van der Waals surface area contributed by atoms with Crippen LogP contribution in [0.2, 0.25) is 0 Å². The van der Waals surface area contributed by atoms with Crippen molar-refractivity contribution in [3.63, 3.8) is 0 Å². The number of rotatable bonds is 9. The summed E-state index contributed by atoms with van der Waals surface area (Å²) in [6.45, 7) is 3.58. The van der Waals surface area contributed by atoms with Crippen LogP contribution in [0, 0.1) is 17.0 Å². The second-order valence-electron chi connectivity index (χ2n) is 7.94. The third-order valence-corrected chi connectivity index (χ3v) is 5.94. The number of ether oxygens (including phenoxy) is 3. The molecule has 0 N–H and O–H groups in total. The molecule has 0 saturated heterocycles. The first-order valence-corrected chi connectivity index (χ1v) is 12.0. The number of esters is 1. The lowest BCUT2D eigenvalue weighted by Gasteiger charge is -2.14. The van der Waals surface area contributed by atoms with E-state index in [2.05, 4.69) is 20.9 Å². The zero-order valence-electron chi connectivity index (χ0n) is 19.9. The minimum atomic E-state index is -0.693. The van der Waals surface area contributed by atoms with E-state index in [-0.39, 0.29) is 29.7 Å². The molecule has 0 amide bonds. The molecule has 1 heterocycles. The number of benzene rings is 3. The summed E-state index contributed by atoms with van der Waals surface area (Å²) in [7, 11) is 0. The highest BCUT2D eigenvalue weighted by Gasteiger charge is 2.26. The van der Waals surface area contributed by atoms with Gasteiger partial charge in [0.15, 0.2) is 29.6 Å². The van der Waals surface area contributed by atoms with Crippen LogP contribution in [-0.2, 0) is 9.53 Å². The van der Waals surface area contributed by atoms with Crippen LogP contribution >= 0.6 is 15.9 Å². The van der Waals surface area contributed by atoms with Gasteiger partial charge in [-0.05, 0) is 59.6 Å². The molecule has 0 spiro atoms. The molecule has 10 heteroatoms. The van der Waals surface area contributed by atoms with Crippen LogP contribution in [0.1, 0.15) is 34.0 Å². The molecule has 0 atom stereocenters. The highest BCUT2D eigenvalue weighted by atomic mass is 79.9. The Morgan fingerprint density at radius 3 is 2.59 bits per heavy atom. The van der Waals surface area contributed by atoms with Crippen molar-refractivity contribution < 1.29 is 28.7 Å². The van der Waals surface area contributed by atoms with Gasteiger partial charge in [-0.2, -0.15) is 0 Å². The van der Waals surface area contributed by atoms with E-state index in [0.717, 1.165) is 0 Å². The number of nitro groups is 1. The average molecular weight is 565 g/mol. The smallest absolute Gasteiger partial charge is 0.363 e. The number of carbonyl (C=O) groups is 2. The fourth-order valence-electron chi connectivity index (χ4n) is 3.55. The predicted octanol–water partition coefficient (Wildman–Crippen LogP) is 5.67. The molecule has 0 bridgehead atoms. The van der Waals surface area contributed by atoms with Gasteiger partial charge in [0.05, 0.1) is 16.0 Å². The van der Waals surface area contributed by atoms with Crippen LogP contribution in [0.25, 0.3) is 6.08 Å². The molecule has 37 heavy (non-hydrogen) atoms. The minimum absolute atomic E-state index is 0.0144. The molecule has 4 rings (SSSR count). The van der Waals surface area contributed by atoms with E-state index in [9.17, 15) is 19.7 Å². The lowest BCUT2D eigenvalue weighted by atomic mass is 10.1. The van der Waals surface area contributed by atoms with Crippen molar-refractivity contribution in [1.29, 1.82) is 0 Å². The van der Waals surface area contributed by atoms with Crippen LogP contribution in [0.4, 0.5) is 5.69 Å².